The smallest absolute Gasteiger partial charge is 0.338 e. The Morgan fingerprint density at radius 2 is 2.04 bits per heavy atom. The fraction of sp³-hybridized carbons (Fsp3) is 0.381. The molecule has 1 aromatic carbocycles. The molecule has 2 aromatic rings. The summed E-state index contributed by atoms with van der Waals surface area (Å²) in [5, 5.41) is 7.33. The second-order valence-electron chi connectivity index (χ2n) is 6.81. The highest BCUT2D eigenvalue weighted by Gasteiger charge is 2.36. The van der Waals surface area contributed by atoms with Crippen LogP contribution in [-0.4, -0.2) is 22.7 Å². The predicted molar refractivity (Wildman–Crippen MR) is 111 cm³/mol. The molecule has 142 valence electrons. The summed E-state index contributed by atoms with van der Waals surface area (Å²) in [6.45, 7) is 4.04. The maximum absolute atomic E-state index is 12.1. The molecule has 0 saturated heterocycles. The van der Waals surface area contributed by atoms with Crippen LogP contribution in [0, 0.1) is 6.92 Å². The van der Waals surface area contributed by atoms with Crippen LogP contribution in [0.2, 0.25) is 0 Å². The second-order valence-corrected chi connectivity index (χ2v) is 7.22. The van der Waals surface area contributed by atoms with Crippen molar-refractivity contribution in [2.75, 3.05) is 11.9 Å². The van der Waals surface area contributed by atoms with Crippen molar-refractivity contribution in [2.24, 2.45) is 0 Å². The zero-order valence-electron chi connectivity index (χ0n) is 15.7. The third-order valence-electron chi connectivity index (χ3n) is 5.10. The van der Waals surface area contributed by atoms with E-state index in [1.165, 1.54) is 0 Å². The summed E-state index contributed by atoms with van der Waals surface area (Å²) >= 11 is 5.61. The number of anilines is 1. The summed E-state index contributed by atoms with van der Waals surface area (Å²) in [6.07, 6.45) is 8.04. The topological polar surface area (TPSA) is 63.2 Å². The van der Waals surface area contributed by atoms with Gasteiger partial charge in [-0.3, -0.25) is 4.98 Å². The Kier molecular flexibility index (Phi) is 6.06. The van der Waals surface area contributed by atoms with Gasteiger partial charge in [-0.1, -0.05) is 25.0 Å². The summed E-state index contributed by atoms with van der Waals surface area (Å²) in [5.41, 5.74) is 3.14. The van der Waals surface area contributed by atoms with Crippen LogP contribution in [0.5, 0.6) is 0 Å². The molecule has 1 aliphatic carbocycles. The van der Waals surface area contributed by atoms with Gasteiger partial charge in [-0.25, -0.2) is 4.79 Å². The van der Waals surface area contributed by atoms with Crippen molar-refractivity contribution in [3.8, 4) is 0 Å². The van der Waals surface area contributed by atoms with Crippen LogP contribution in [0.3, 0.4) is 0 Å². The van der Waals surface area contributed by atoms with Gasteiger partial charge in [-0.15, -0.1) is 0 Å². The Morgan fingerprint density at radius 1 is 1.26 bits per heavy atom. The highest BCUT2D eigenvalue weighted by Crippen LogP contribution is 2.38. The zero-order valence-corrected chi connectivity index (χ0v) is 16.6. The third kappa shape index (κ3) is 4.27. The fourth-order valence-electron chi connectivity index (χ4n) is 3.68. The minimum atomic E-state index is -0.319. The van der Waals surface area contributed by atoms with Gasteiger partial charge < -0.3 is 15.4 Å². The first kappa shape index (κ1) is 19.3. The molecule has 27 heavy (non-hydrogen) atoms. The van der Waals surface area contributed by atoms with Crippen molar-refractivity contribution in [1.29, 1.82) is 0 Å². The van der Waals surface area contributed by atoms with E-state index >= 15 is 0 Å². The number of carbonyl (C=O) groups excluding carboxylic acids is 1. The lowest BCUT2D eigenvalue weighted by molar-refractivity contribution is 0.0525. The Balaban J connectivity index is 1.77. The number of aromatic nitrogens is 1. The minimum absolute atomic E-state index is 0.189. The first-order valence-electron chi connectivity index (χ1n) is 9.32. The van der Waals surface area contributed by atoms with Crippen LogP contribution in [0.1, 0.15) is 54.1 Å². The van der Waals surface area contributed by atoms with Gasteiger partial charge in [0.1, 0.15) is 0 Å². The van der Waals surface area contributed by atoms with Gasteiger partial charge in [0, 0.05) is 18.1 Å². The molecule has 6 heteroatoms. The molecular weight excluding hydrogens is 358 g/mol. The fourth-order valence-corrected chi connectivity index (χ4v) is 3.99. The molecular formula is C21H25N3O2S. The Morgan fingerprint density at radius 3 is 2.70 bits per heavy atom. The van der Waals surface area contributed by atoms with E-state index < -0.39 is 0 Å². The van der Waals surface area contributed by atoms with Crippen LogP contribution in [0.4, 0.5) is 5.69 Å². The minimum Gasteiger partial charge on any atom is -0.462 e. The lowest BCUT2D eigenvalue weighted by Crippen LogP contribution is -2.45. The normalized spacial score (nSPS) is 15.2. The average Bonchev–Trinajstić information content (AvgIpc) is 3.14. The quantitative estimate of drug-likeness (QED) is 0.592. The molecule has 1 fully saturated rings. The van der Waals surface area contributed by atoms with Gasteiger partial charge in [0.2, 0.25) is 0 Å². The summed E-state index contributed by atoms with van der Waals surface area (Å²) in [7, 11) is 0. The standard InChI is InChI=1S/C21H25N3O2S/c1-3-26-19(25)17-9-6-10-18(15(17)2)23-20(27)24-21(11-4-5-12-21)16-8-7-13-22-14-16/h6-10,13-14H,3-5,11-12H2,1-2H3,(H2,23,24,27). The first-order chi connectivity index (χ1) is 13.1. The SMILES string of the molecule is CCOC(=O)c1cccc(NC(=S)NC2(c3cccnc3)CCCC2)c1C. The van der Waals surface area contributed by atoms with E-state index in [2.05, 4.69) is 21.7 Å². The van der Waals surface area contributed by atoms with E-state index in [0.29, 0.717) is 17.3 Å². The number of ether oxygens (including phenoxy) is 1. The number of carbonyl (C=O) groups is 1. The van der Waals surface area contributed by atoms with Crippen molar-refractivity contribution >= 4 is 29.0 Å². The van der Waals surface area contributed by atoms with E-state index in [-0.39, 0.29) is 11.5 Å². The van der Waals surface area contributed by atoms with Crippen LogP contribution in [0.15, 0.2) is 42.7 Å². The maximum atomic E-state index is 12.1. The molecule has 0 aliphatic heterocycles. The maximum Gasteiger partial charge on any atom is 0.338 e. The average molecular weight is 384 g/mol. The molecule has 0 unspecified atom stereocenters. The van der Waals surface area contributed by atoms with Gasteiger partial charge in [0.05, 0.1) is 17.7 Å². The predicted octanol–water partition coefficient (Wildman–Crippen LogP) is 4.32. The molecule has 1 aliphatic rings. The summed E-state index contributed by atoms with van der Waals surface area (Å²) in [5.74, 6) is -0.319. The summed E-state index contributed by atoms with van der Waals surface area (Å²) < 4.78 is 5.13. The van der Waals surface area contributed by atoms with Crippen LogP contribution in [-0.2, 0) is 10.3 Å². The molecule has 1 saturated carbocycles. The lowest BCUT2D eigenvalue weighted by atomic mass is 9.89. The zero-order chi connectivity index (χ0) is 19.3. The molecule has 0 spiro atoms. The number of benzene rings is 1. The van der Waals surface area contributed by atoms with Gasteiger partial charge >= 0.3 is 5.97 Å². The van der Waals surface area contributed by atoms with Crippen LogP contribution >= 0.6 is 12.2 Å². The Hall–Kier alpha value is -2.47. The molecule has 2 N–H and O–H groups in total. The number of thiocarbonyl (C=S) groups is 1. The van der Waals surface area contributed by atoms with Gasteiger partial charge in [-0.2, -0.15) is 0 Å². The van der Waals surface area contributed by atoms with E-state index in [4.69, 9.17) is 17.0 Å². The van der Waals surface area contributed by atoms with Crippen molar-refractivity contribution in [1.82, 2.24) is 10.3 Å². The van der Waals surface area contributed by atoms with Gasteiger partial charge in [-0.05, 0) is 68.2 Å². The van der Waals surface area contributed by atoms with E-state index in [1.54, 1.807) is 19.2 Å². The van der Waals surface area contributed by atoms with Crippen LogP contribution in [0.25, 0.3) is 0 Å². The molecule has 5 nitrogen and oxygen atoms in total. The number of esters is 1. The molecule has 0 radical (unpaired) electrons. The largest absolute Gasteiger partial charge is 0.462 e. The number of nitrogens with one attached hydrogen (secondary N) is 2. The molecule has 0 amide bonds. The van der Waals surface area contributed by atoms with Gasteiger partial charge in [0.25, 0.3) is 0 Å². The number of rotatable bonds is 5. The number of hydrogen-bond acceptors (Lipinski definition) is 4. The van der Waals surface area contributed by atoms with Crippen molar-refractivity contribution in [3.05, 3.63) is 59.4 Å². The van der Waals surface area contributed by atoms with E-state index in [0.717, 1.165) is 42.5 Å². The number of pyridine rings is 1. The van der Waals surface area contributed by atoms with E-state index in [1.807, 2.05) is 31.3 Å². The summed E-state index contributed by atoms with van der Waals surface area (Å²) in [6, 6.07) is 9.57. The molecule has 3 rings (SSSR count). The first-order valence-corrected chi connectivity index (χ1v) is 9.73. The Labute approximate surface area is 165 Å². The molecule has 1 heterocycles. The van der Waals surface area contributed by atoms with Gasteiger partial charge in [0.15, 0.2) is 5.11 Å². The van der Waals surface area contributed by atoms with Crippen molar-refractivity contribution in [3.63, 3.8) is 0 Å². The molecule has 1 aromatic heterocycles. The van der Waals surface area contributed by atoms with Crippen molar-refractivity contribution < 1.29 is 9.53 Å². The molecule has 0 bridgehead atoms. The number of nitrogens with zero attached hydrogens (tertiary/aromatic N) is 1. The molecule has 0 atom stereocenters. The third-order valence-corrected chi connectivity index (χ3v) is 5.31. The monoisotopic (exact) mass is 383 g/mol. The second kappa shape index (κ2) is 8.48. The van der Waals surface area contributed by atoms with Crippen LogP contribution < -0.4 is 10.6 Å². The van der Waals surface area contributed by atoms with Crippen molar-refractivity contribution in [2.45, 2.75) is 45.1 Å². The summed E-state index contributed by atoms with van der Waals surface area (Å²) in [4.78, 5) is 16.4. The lowest BCUT2D eigenvalue weighted by Gasteiger charge is -2.32. The van der Waals surface area contributed by atoms with E-state index in [9.17, 15) is 4.79 Å². The highest BCUT2D eigenvalue weighted by atomic mass is 32.1. The Bertz CT molecular complexity index is 817. The number of hydrogen-bond donors (Lipinski definition) is 2. The highest BCUT2D eigenvalue weighted by molar-refractivity contribution is 7.80.